The Morgan fingerprint density at radius 3 is 2.13 bits per heavy atom. The second-order valence-corrected chi connectivity index (χ2v) is 8.13. The van der Waals surface area contributed by atoms with E-state index in [2.05, 4.69) is 36.7 Å². The molecule has 2 aromatic heterocycles. The van der Waals surface area contributed by atoms with E-state index in [1.165, 1.54) is 25.5 Å². The van der Waals surface area contributed by atoms with E-state index in [9.17, 15) is 19.5 Å². The molecule has 2 heterocycles. The van der Waals surface area contributed by atoms with E-state index >= 15 is 0 Å². The highest BCUT2D eigenvalue weighted by molar-refractivity contribution is 9.10. The minimum absolute atomic E-state index is 0.142. The summed E-state index contributed by atoms with van der Waals surface area (Å²) >= 11 is 3.47. The molecule has 2 saturated carbocycles. The number of Topliss-reactive ketones (excluding diaryl/α,β-unsaturated/α-hetero) is 1. The van der Waals surface area contributed by atoms with Gasteiger partial charge >= 0.3 is 5.97 Å². The number of pyridine rings is 2. The molecular weight excluding hydrogens is 464 g/mol. The lowest BCUT2D eigenvalue weighted by molar-refractivity contribution is -0.148. The molecule has 0 radical (unpaired) electrons. The third-order valence-corrected chi connectivity index (χ3v) is 5.32. The van der Waals surface area contributed by atoms with Gasteiger partial charge in [-0.05, 0) is 73.7 Å². The zero-order valence-electron chi connectivity index (χ0n) is 17.7. The number of hydrogen-bond donors (Lipinski definition) is 1. The van der Waals surface area contributed by atoms with Gasteiger partial charge in [-0.3, -0.25) is 19.6 Å². The monoisotopic (exact) mass is 490 g/mol. The number of ketones is 1. The maximum absolute atomic E-state index is 11.1. The van der Waals surface area contributed by atoms with Crippen molar-refractivity contribution in [1.82, 2.24) is 9.97 Å². The van der Waals surface area contributed by atoms with Crippen LogP contribution in [0.1, 0.15) is 74.4 Å². The summed E-state index contributed by atoms with van der Waals surface area (Å²) in [4.78, 5) is 38.8. The molecule has 1 atom stereocenters. The van der Waals surface area contributed by atoms with E-state index in [-0.39, 0.29) is 18.7 Å². The number of hydrogen-bond acceptors (Lipinski definition) is 7. The molecule has 0 spiro atoms. The Bertz CT molecular complexity index is 897. The molecule has 0 bridgehead atoms. The van der Waals surface area contributed by atoms with E-state index in [1.54, 1.807) is 25.3 Å². The second kappa shape index (κ2) is 12.4. The van der Waals surface area contributed by atoms with Crippen molar-refractivity contribution in [3.63, 3.8) is 0 Å². The minimum atomic E-state index is -1.00. The largest absolute Gasteiger partial charge is 0.460 e. The fourth-order valence-corrected chi connectivity index (χ4v) is 3.39. The van der Waals surface area contributed by atoms with Gasteiger partial charge in [0, 0.05) is 40.0 Å². The van der Waals surface area contributed by atoms with Crippen molar-refractivity contribution < 1.29 is 24.2 Å². The summed E-state index contributed by atoms with van der Waals surface area (Å²) in [5, 5.41) is 9.67. The Kier molecular flexibility index (Phi) is 9.94. The first-order valence-electron chi connectivity index (χ1n) is 10.2. The van der Waals surface area contributed by atoms with Crippen molar-refractivity contribution in [2.24, 2.45) is 0 Å². The molecule has 2 aliphatic carbocycles. The van der Waals surface area contributed by atoms with Crippen molar-refractivity contribution in [3.05, 3.63) is 58.1 Å². The number of aliphatic hydroxyl groups excluding tert-OH is 1. The van der Waals surface area contributed by atoms with Gasteiger partial charge < -0.3 is 9.84 Å². The Balaban J connectivity index is 0.000000177. The summed E-state index contributed by atoms with van der Waals surface area (Å²) in [6, 6.07) is 7.55. The molecule has 0 saturated heterocycles. The standard InChI is InChI=1S/C11H13NO2.C8H8BrN.C4H6O3/c1-7(13)11(14)9-3-2-6-12-10(9)8-4-5-8;9-7-2-1-5-10-8(7)6-3-4-6;1-2-7-4(6)3-5/h2-3,6,8,11,14H,4-5H2,1H3;1-2,5-6H,3-4H2;3H,2H2,1H3. The van der Waals surface area contributed by atoms with Crippen molar-refractivity contribution in [1.29, 1.82) is 0 Å². The highest BCUT2D eigenvalue weighted by Gasteiger charge is 2.30. The molecule has 166 valence electrons. The number of aliphatic hydroxyl groups is 1. The summed E-state index contributed by atoms with van der Waals surface area (Å²) in [7, 11) is 0. The molecule has 0 aliphatic heterocycles. The third-order valence-electron chi connectivity index (χ3n) is 4.65. The van der Waals surface area contributed by atoms with Gasteiger partial charge in [-0.15, -0.1) is 0 Å². The summed E-state index contributed by atoms with van der Waals surface area (Å²) in [6.07, 6.45) is 7.58. The SMILES string of the molecule is Brc1cccnc1C1CC1.CC(=O)C(O)c1cccnc1C1CC1.CCOC(=O)C=O. The highest BCUT2D eigenvalue weighted by atomic mass is 79.9. The molecule has 7 nitrogen and oxygen atoms in total. The van der Waals surface area contributed by atoms with Crippen molar-refractivity contribution >= 4 is 34.0 Å². The molecule has 8 heteroatoms. The molecule has 2 aromatic rings. The number of ether oxygens (including phenoxy) is 1. The zero-order valence-corrected chi connectivity index (χ0v) is 19.2. The summed E-state index contributed by atoms with van der Waals surface area (Å²) in [5.74, 6) is 0.179. The predicted molar refractivity (Wildman–Crippen MR) is 118 cm³/mol. The van der Waals surface area contributed by atoms with Crippen LogP contribution in [-0.4, -0.2) is 39.7 Å². The third kappa shape index (κ3) is 8.30. The maximum atomic E-state index is 11.1. The first kappa shape index (κ1) is 24.8. The quantitative estimate of drug-likeness (QED) is 0.369. The number of carbonyl (C=O) groups is 3. The number of aldehydes is 1. The van der Waals surface area contributed by atoms with E-state index < -0.39 is 12.1 Å². The molecule has 1 unspecified atom stereocenters. The molecule has 4 rings (SSSR count). The van der Waals surface area contributed by atoms with Crippen molar-refractivity contribution in [2.45, 2.75) is 57.5 Å². The van der Waals surface area contributed by atoms with Crippen LogP contribution in [0, 0.1) is 0 Å². The summed E-state index contributed by atoms with van der Waals surface area (Å²) < 4.78 is 5.35. The lowest BCUT2D eigenvalue weighted by atomic mass is 10.0. The lowest BCUT2D eigenvalue weighted by Crippen LogP contribution is -2.10. The second-order valence-electron chi connectivity index (χ2n) is 7.28. The van der Waals surface area contributed by atoms with Gasteiger partial charge in [0.2, 0.25) is 6.29 Å². The fraction of sp³-hybridized carbons (Fsp3) is 0.435. The number of esters is 1. The molecule has 31 heavy (non-hydrogen) atoms. The van der Waals surface area contributed by atoms with E-state index in [0.29, 0.717) is 11.5 Å². The Labute approximate surface area is 190 Å². The van der Waals surface area contributed by atoms with Crippen LogP contribution in [0.25, 0.3) is 0 Å². The topological polar surface area (TPSA) is 106 Å². The normalized spacial score (nSPS) is 15.4. The molecule has 2 aliphatic rings. The number of carbonyl (C=O) groups excluding carboxylic acids is 3. The number of rotatable bonds is 6. The summed E-state index contributed by atoms with van der Waals surface area (Å²) in [5.41, 5.74) is 2.82. The van der Waals surface area contributed by atoms with Crippen LogP contribution in [0.4, 0.5) is 0 Å². The van der Waals surface area contributed by atoms with Gasteiger partial charge in [0.1, 0.15) is 6.10 Å². The molecule has 1 N–H and O–H groups in total. The molecular formula is C23H27BrN2O5. The zero-order chi connectivity index (χ0) is 22.8. The molecule has 0 amide bonds. The highest BCUT2D eigenvalue weighted by Crippen LogP contribution is 2.42. The molecule has 0 aromatic carbocycles. The van der Waals surface area contributed by atoms with Crippen LogP contribution >= 0.6 is 15.9 Å². The van der Waals surface area contributed by atoms with Crippen LogP contribution in [0.5, 0.6) is 0 Å². The van der Waals surface area contributed by atoms with Gasteiger partial charge in [-0.2, -0.15) is 0 Å². The predicted octanol–water partition coefficient (Wildman–Crippen LogP) is 4.05. The fourth-order valence-electron chi connectivity index (χ4n) is 2.81. The summed E-state index contributed by atoms with van der Waals surface area (Å²) in [6.45, 7) is 3.30. The average Bonchev–Trinajstić information content (AvgIpc) is 3.67. The van der Waals surface area contributed by atoms with Gasteiger partial charge in [0.15, 0.2) is 5.78 Å². The van der Waals surface area contributed by atoms with Crippen LogP contribution in [0.3, 0.4) is 0 Å². The Morgan fingerprint density at radius 1 is 1.13 bits per heavy atom. The maximum Gasteiger partial charge on any atom is 0.371 e. The van der Waals surface area contributed by atoms with E-state index in [1.807, 2.05) is 12.3 Å². The lowest BCUT2D eigenvalue weighted by Gasteiger charge is -2.11. The van der Waals surface area contributed by atoms with Gasteiger partial charge in [-0.25, -0.2) is 4.79 Å². The van der Waals surface area contributed by atoms with Crippen LogP contribution in [-0.2, 0) is 19.1 Å². The van der Waals surface area contributed by atoms with Crippen LogP contribution < -0.4 is 0 Å². The Hall–Kier alpha value is -2.45. The average molecular weight is 491 g/mol. The first-order valence-corrected chi connectivity index (χ1v) is 11.0. The smallest absolute Gasteiger partial charge is 0.371 e. The number of aromatic nitrogens is 2. The number of halogens is 1. The van der Waals surface area contributed by atoms with E-state index in [0.717, 1.165) is 28.9 Å². The van der Waals surface area contributed by atoms with Crippen molar-refractivity contribution in [3.8, 4) is 0 Å². The minimum Gasteiger partial charge on any atom is -0.460 e. The van der Waals surface area contributed by atoms with Gasteiger partial charge in [0.05, 0.1) is 12.3 Å². The van der Waals surface area contributed by atoms with Crippen molar-refractivity contribution in [2.75, 3.05) is 6.61 Å². The van der Waals surface area contributed by atoms with Crippen LogP contribution in [0.15, 0.2) is 41.1 Å². The van der Waals surface area contributed by atoms with Gasteiger partial charge in [-0.1, -0.05) is 6.07 Å². The molecule has 2 fully saturated rings. The Morgan fingerprint density at radius 2 is 1.68 bits per heavy atom. The van der Waals surface area contributed by atoms with E-state index in [4.69, 9.17) is 0 Å². The first-order chi connectivity index (χ1) is 14.9. The van der Waals surface area contributed by atoms with Crippen LogP contribution in [0.2, 0.25) is 0 Å². The number of nitrogens with zero attached hydrogens (tertiary/aromatic N) is 2. The van der Waals surface area contributed by atoms with Gasteiger partial charge in [0.25, 0.3) is 0 Å².